The molecule has 0 atom stereocenters. The Morgan fingerprint density at radius 2 is 2.16 bits per heavy atom. The standard InChI is InChI=1S/C16H11N7O2/c1-2-5-25-15(17)10-8-18-23-14(24)7-12(19-16(10)23)9-3-4-11-13(6-9)21-22-20-11/h1,3-4,6-8H,5,17H2,(H,20,21,22). The second-order valence-electron chi connectivity index (χ2n) is 5.16. The summed E-state index contributed by atoms with van der Waals surface area (Å²) in [5.74, 6) is 2.38. The molecule has 0 fully saturated rings. The van der Waals surface area contributed by atoms with E-state index in [0.717, 1.165) is 15.6 Å². The molecule has 4 rings (SSSR count). The van der Waals surface area contributed by atoms with E-state index in [1.807, 2.05) is 0 Å². The van der Waals surface area contributed by atoms with Crippen LogP contribution in [0.15, 0.2) is 35.3 Å². The van der Waals surface area contributed by atoms with Crippen molar-refractivity contribution in [3.8, 4) is 23.6 Å². The Bertz CT molecular complexity index is 1250. The van der Waals surface area contributed by atoms with Crippen LogP contribution in [-0.2, 0) is 4.74 Å². The lowest BCUT2D eigenvalue weighted by Crippen LogP contribution is -2.20. The van der Waals surface area contributed by atoms with Crippen molar-refractivity contribution >= 4 is 22.6 Å². The molecule has 0 aliphatic carbocycles. The van der Waals surface area contributed by atoms with Gasteiger partial charge in [0.2, 0.25) is 0 Å². The van der Waals surface area contributed by atoms with Crippen LogP contribution in [0.3, 0.4) is 0 Å². The van der Waals surface area contributed by atoms with Crippen molar-refractivity contribution in [1.82, 2.24) is 30.0 Å². The molecule has 0 aliphatic rings. The van der Waals surface area contributed by atoms with Gasteiger partial charge < -0.3 is 10.5 Å². The van der Waals surface area contributed by atoms with Gasteiger partial charge in [-0.15, -0.1) is 6.42 Å². The predicted octanol–water partition coefficient (Wildman–Crippen LogP) is -0.579. The van der Waals surface area contributed by atoms with Crippen molar-refractivity contribution < 1.29 is 4.74 Å². The van der Waals surface area contributed by atoms with E-state index < -0.39 is 0 Å². The number of aromatic amines is 1. The fraction of sp³-hybridized carbons (Fsp3) is 0.0625. The van der Waals surface area contributed by atoms with Crippen LogP contribution >= 0.6 is 0 Å². The van der Waals surface area contributed by atoms with Crippen molar-refractivity contribution in [2.75, 3.05) is 6.61 Å². The molecule has 9 nitrogen and oxygen atoms in total. The summed E-state index contributed by atoms with van der Waals surface area (Å²) in [6.07, 6.45) is 6.58. The Hall–Kier alpha value is -3.93. The van der Waals surface area contributed by atoms with Crippen molar-refractivity contribution in [2.24, 2.45) is 5.73 Å². The van der Waals surface area contributed by atoms with Crippen LogP contribution in [0.2, 0.25) is 0 Å². The first-order chi connectivity index (χ1) is 12.2. The fourth-order valence-electron chi connectivity index (χ4n) is 2.45. The van der Waals surface area contributed by atoms with Gasteiger partial charge >= 0.3 is 0 Å². The van der Waals surface area contributed by atoms with E-state index >= 15 is 0 Å². The molecular formula is C16H11N7O2. The average Bonchev–Trinajstić information content (AvgIpc) is 3.25. The van der Waals surface area contributed by atoms with Gasteiger partial charge in [-0.1, -0.05) is 12.0 Å². The van der Waals surface area contributed by atoms with Gasteiger partial charge in [-0.3, -0.25) is 4.79 Å². The van der Waals surface area contributed by atoms with Crippen LogP contribution in [-0.4, -0.2) is 36.6 Å². The molecule has 4 aromatic rings. The number of terminal acetylenes is 1. The van der Waals surface area contributed by atoms with Crippen LogP contribution in [0.25, 0.3) is 33.8 Å². The summed E-state index contributed by atoms with van der Waals surface area (Å²) in [5.41, 5.74) is 8.40. The fourth-order valence-corrected chi connectivity index (χ4v) is 2.45. The maximum absolute atomic E-state index is 12.3. The number of rotatable bonds is 3. The number of nitrogens with zero attached hydrogens (tertiary/aromatic N) is 5. The number of hydrogen-bond acceptors (Lipinski definition) is 7. The van der Waals surface area contributed by atoms with Crippen molar-refractivity contribution in [3.63, 3.8) is 0 Å². The zero-order chi connectivity index (χ0) is 17.4. The Kier molecular flexibility index (Phi) is 3.29. The van der Waals surface area contributed by atoms with Crippen molar-refractivity contribution in [1.29, 1.82) is 0 Å². The van der Waals surface area contributed by atoms with E-state index in [9.17, 15) is 4.79 Å². The van der Waals surface area contributed by atoms with Crippen LogP contribution in [0, 0.1) is 12.3 Å². The molecule has 9 heteroatoms. The molecule has 25 heavy (non-hydrogen) atoms. The molecule has 3 heterocycles. The van der Waals surface area contributed by atoms with Crippen molar-refractivity contribution in [3.05, 3.63) is 46.0 Å². The second kappa shape index (κ2) is 5.61. The second-order valence-corrected chi connectivity index (χ2v) is 5.16. The lowest BCUT2D eigenvalue weighted by molar-refractivity contribution is 0.315. The summed E-state index contributed by atoms with van der Waals surface area (Å²) in [6, 6.07) is 6.78. The molecule has 1 aromatic carbocycles. The molecule has 0 bridgehead atoms. The van der Waals surface area contributed by atoms with E-state index in [1.54, 1.807) is 18.2 Å². The molecule has 3 N–H and O–H groups in total. The van der Waals surface area contributed by atoms with Gasteiger partial charge in [-0.25, -0.2) is 4.98 Å². The van der Waals surface area contributed by atoms with Crippen LogP contribution in [0.4, 0.5) is 0 Å². The van der Waals surface area contributed by atoms with Crippen LogP contribution < -0.4 is 16.5 Å². The summed E-state index contributed by atoms with van der Waals surface area (Å²) in [7, 11) is 0. The molecule has 0 aliphatic heterocycles. The van der Waals surface area contributed by atoms with E-state index in [1.165, 1.54) is 12.3 Å². The van der Waals surface area contributed by atoms with Crippen LogP contribution in [0.1, 0.15) is 0 Å². The topological polar surface area (TPSA) is 124 Å². The zero-order valence-corrected chi connectivity index (χ0v) is 12.8. The molecule has 0 saturated heterocycles. The zero-order valence-electron chi connectivity index (χ0n) is 12.8. The molecule has 3 aromatic heterocycles. The first-order valence-corrected chi connectivity index (χ1v) is 7.23. The number of fused-ring (bicyclic) bond motifs is 2. The monoisotopic (exact) mass is 333 g/mol. The average molecular weight is 333 g/mol. The largest absolute Gasteiger partial charge is 0.466 e. The summed E-state index contributed by atoms with van der Waals surface area (Å²) in [5, 5.41) is 15.0. The van der Waals surface area contributed by atoms with Gasteiger partial charge in [0.15, 0.2) is 11.5 Å². The Balaban J connectivity index is 1.94. The Labute approximate surface area is 140 Å². The van der Waals surface area contributed by atoms with Gasteiger partial charge in [0.05, 0.1) is 17.1 Å². The number of nitrogens with one attached hydrogen (secondary N) is 1. The minimum absolute atomic E-state index is 0.00984. The SMILES string of the molecule is C#CCOC(N)=c1cnn2c(=O)cc(-c3ccc4n[nH]nc4c3)nc12. The third-order valence-electron chi connectivity index (χ3n) is 3.63. The number of benzene rings is 1. The predicted molar refractivity (Wildman–Crippen MR) is 89.7 cm³/mol. The lowest BCUT2D eigenvalue weighted by Gasteiger charge is -2.02. The highest BCUT2D eigenvalue weighted by atomic mass is 16.5. The van der Waals surface area contributed by atoms with Crippen molar-refractivity contribution in [2.45, 2.75) is 0 Å². The first-order valence-electron chi connectivity index (χ1n) is 7.23. The van der Waals surface area contributed by atoms with Gasteiger partial charge in [0.25, 0.3) is 5.56 Å². The van der Waals surface area contributed by atoms with E-state index in [0.29, 0.717) is 16.4 Å². The summed E-state index contributed by atoms with van der Waals surface area (Å²) < 4.78 is 6.37. The summed E-state index contributed by atoms with van der Waals surface area (Å²) >= 11 is 0. The Morgan fingerprint density at radius 3 is 3.00 bits per heavy atom. The molecule has 0 unspecified atom stereocenters. The number of aromatic nitrogens is 6. The molecule has 0 saturated carbocycles. The quantitative estimate of drug-likeness (QED) is 0.481. The minimum atomic E-state index is -0.337. The Morgan fingerprint density at radius 1 is 1.32 bits per heavy atom. The molecule has 0 spiro atoms. The third-order valence-corrected chi connectivity index (χ3v) is 3.63. The number of hydrogen-bond donors (Lipinski definition) is 2. The van der Waals surface area contributed by atoms with Gasteiger partial charge in [0, 0.05) is 11.6 Å². The maximum atomic E-state index is 12.3. The summed E-state index contributed by atoms with van der Waals surface area (Å²) in [6.45, 7) is 0.00984. The van der Waals surface area contributed by atoms with E-state index in [2.05, 4.69) is 31.4 Å². The number of nitrogens with two attached hydrogens (primary N) is 1. The smallest absolute Gasteiger partial charge is 0.275 e. The first kappa shape index (κ1) is 14.6. The third kappa shape index (κ3) is 2.42. The van der Waals surface area contributed by atoms with Gasteiger partial charge in [-0.05, 0) is 12.1 Å². The van der Waals surface area contributed by atoms with E-state index in [-0.39, 0.29) is 23.7 Å². The number of H-pyrrole nitrogens is 1. The highest BCUT2D eigenvalue weighted by Gasteiger charge is 2.11. The molecule has 122 valence electrons. The molecular weight excluding hydrogens is 322 g/mol. The minimum Gasteiger partial charge on any atom is -0.466 e. The maximum Gasteiger partial charge on any atom is 0.275 e. The van der Waals surface area contributed by atoms with Gasteiger partial charge in [-0.2, -0.15) is 25.0 Å². The lowest BCUT2D eigenvalue weighted by atomic mass is 10.1. The normalized spacial score (nSPS) is 12.3. The summed E-state index contributed by atoms with van der Waals surface area (Å²) in [4.78, 5) is 16.8. The molecule has 0 amide bonds. The molecule has 0 radical (unpaired) electrons. The van der Waals surface area contributed by atoms with E-state index in [4.69, 9.17) is 16.9 Å². The number of ether oxygens (including phenoxy) is 1. The highest BCUT2D eigenvalue weighted by molar-refractivity contribution is 5.80. The highest BCUT2D eigenvalue weighted by Crippen LogP contribution is 2.19. The van der Waals surface area contributed by atoms with Gasteiger partial charge in [0.1, 0.15) is 17.6 Å². The van der Waals surface area contributed by atoms with Crippen LogP contribution in [0.5, 0.6) is 0 Å².